The zero-order valence-electron chi connectivity index (χ0n) is 7.61. The van der Waals surface area contributed by atoms with Crippen LogP contribution >= 0.6 is 0 Å². The molecule has 10 heavy (non-hydrogen) atoms. The highest BCUT2D eigenvalue weighted by Crippen LogP contribution is 2.15. The minimum Gasteiger partial charge on any atom is -0.412 e. The predicted octanol–water partition coefficient (Wildman–Crippen LogP) is 3.19. The molecule has 0 heterocycles. The molecule has 0 saturated carbocycles. The lowest BCUT2D eigenvalue weighted by molar-refractivity contribution is 0.404. The van der Waals surface area contributed by atoms with Crippen LogP contribution in [0.5, 0.6) is 0 Å². The molecule has 0 aliphatic heterocycles. The molecule has 0 saturated heterocycles. The first-order valence-corrected chi connectivity index (χ1v) is 7.19. The van der Waals surface area contributed by atoms with Gasteiger partial charge in [-0.05, 0) is 26.1 Å². The van der Waals surface area contributed by atoms with Crippen LogP contribution in [-0.4, -0.2) is 8.32 Å². The first kappa shape index (κ1) is 10.2. The van der Waals surface area contributed by atoms with Crippen molar-refractivity contribution in [3.8, 4) is 0 Å². The van der Waals surface area contributed by atoms with E-state index in [-0.39, 0.29) is 0 Å². The van der Waals surface area contributed by atoms with Gasteiger partial charge in [0.25, 0.3) is 0 Å². The van der Waals surface area contributed by atoms with Gasteiger partial charge in [0.1, 0.15) is 0 Å². The Hall–Kier alpha value is 0.177. The molecule has 0 aliphatic carbocycles. The van der Waals surface area contributed by atoms with E-state index in [9.17, 15) is 0 Å². The van der Waals surface area contributed by atoms with Crippen LogP contribution in [0.25, 0.3) is 0 Å². The molecule has 61 valence electrons. The minimum atomic E-state index is -1.28. The summed E-state index contributed by atoms with van der Waals surface area (Å²) >= 11 is 0. The molecule has 2 heteroatoms. The molecule has 0 aromatic heterocycles. The second-order valence-electron chi connectivity index (χ2n) is 3.22. The van der Waals surface area contributed by atoms with Crippen LogP contribution in [0.3, 0.4) is 0 Å². The Bertz CT molecular complexity index is 81.3. The molecule has 0 atom stereocenters. The highest BCUT2D eigenvalue weighted by atomic mass is 28.4. The van der Waals surface area contributed by atoms with Gasteiger partial charge in [-0.1, -0.05) is 19.8 Å². The van der Waals surface area contributed by atoms with Crippen molar-refractivity contribution in [1.82, 2.24) is 0 Å². The van der Waals surface area contributed by atoms with Crippen LogP contribution < -0.4 is 0 Å². The van der Waals surface area contributed by atoms with Crippen molar-refractivity contribution in [1.29, 1.82) is 0 Å². The summed E-state index contributed by atoms with van der Waals surface area (Å²) in [6.07, 6.45) is 2.59. The molecular formula is C8H19OSi. The third-order valence-corrected chi connectivity index (χ3v) is 4.00. The fourth-order valence-electron chi connectivity index (χ4n) is 0.980. The first-order valence-electron chi connectivity index (χ1n) is 4.08. The van der Waals surface area contributed by atoms with Crippen molar-refractivity contribution >= 4 is 8.32 Å². The van der Waals surface area contributed by atoms with Crippen LogP contribution in [0.1, 0.15) is 26.7 Å². The van der Waals surface area contributed by atoms with E-state index >= 15 is 0 Å². The number of rotatable bonds is 5. The van der Waals surface area contributed by atoms with Crippen LogP contribution in [0, 0.1) is 6.61 Å². The summed E-state index contributed by atoms with van der Waals surface area (Å²) in [5.74, 6) is 0. The molecule has 0 spiro atoms. The van der Waals surface area contributed by atoms with Crippen LogP contribution in [0.4, 0.5) is 0 Å². The van der Waals surface area contributed by atoms with Gasteiger partial charge in [-0.2, -0.15) is 0 Å². The van der Waals surface area contributed by atoms with Crippen molar-refractivity contribution in [2.24, 2.45) is 0 Å². The summed E-state index contributed by atoms with van der Waals surface area (Å²) in [5, 5.41) is 0. The highest BCUT2D eigenvalue weighted by molar-refractivity contribution is 6.71. The lowest BCUT2D eigenvalue weighted by atomic mass is 10.4. The van der Waals surface area contributed by atoms with Gasteiger partial charge >= 0.3 is 0 Å². The highest BCUT2D eigenvalue weighted by Gasteiger charge is 2.20. The van der Waals surface area contributed by atoms with Gasteiger partial charge in [0.15, 0.2) is 8.32 Å². The van der Waals surface area contributed by atoms with E-state index in [0.717, 1.165) is 0 Å². The van der Waals surface area contributed by atoms with Crippen molar-refractivity contribution in [3.63, 3.8) is 0 Å². The maximum Gasteiger partial charge on any atom is 0.187 e. The normalized spacial score (nSPS) is 12.0. The molecule has 0 aromatic rings. The monoisotopic (exact) mass is 159 g/mol. The summed E-state index contributed by atoms with van der Waals surface area (Å²) in [5.41, 5.74) is 0. The molecule has 0 aromatic carbocycles. The molecule has 0 bridgehead atoms. The van der Waals surface area contributed by atoms with Gasteiger partial charge in [-0.15, -0.1) is 0 Å². The quantitative estimate of drug-likeness (QED) is 0.560. The maximum atomic E-state index is 5.55. The van der Waals surface area contributed by atoms with E-state index < -0.39 is 8.32 Å². The van der Waals surface area contributed by atoms with E-state index in [1.54, 1.807) is 0 Å². The Balaban J connectivity index is 3.42. The molecule has 0 N–H and O–H groups in total. The molecule has 0 fully saturated rings. The Kier molecular flexibility index (Phi) is 5.00. The van der Waals surface area contributed by atoms with Crippen molar-refractivity contribution < 1.29 is 4.43 Å². The molecule has 0 amide bonds. The first-order chi connectivity index (χ1) is 4.62. The van der Waals surface area contributed by atoms with Crippen molar-refractivity contribution in [2.45, 2.75) is 45.8 Å². The standard InChI is InChI=1S/C8H19OSi/c1-5-7-8-10(3,4)9-6-2/h6H,5,7-8H2,1-4H3. The predicted molar refractivity (Wildman–Crippen MR) is 48.3 cm³/mol. The molecule has 1 nitrogen and oxygen atoms in total. The molecule has 0 unspecified atom stereocenters. The Labute approximate surface area is 65.9 Å². The van der Waals surface area contributed by atoms with E-state index in [0.29, 0.717) is 0 Å². The minimum absolute atomic E-state index is 1.28. The van der Waals surface area contributed by atoms with E-state index in [4.69, 9.17) is 4.43 Å². The summed E-state index contributed by atoms with van der Waals surface area (Å²) in [6, 6.07) is 1.29. The number of hydrogen-bond donors (Lipinski definition) is 0. The van der Waals surface area contributed by atoms with Crippen molar-refractivity contribution in [3.05, 3.63) is 6.61 Å². The zero-order valence-corrected chi connectivity index (χ0v) is 8.61. The average Bonchev–Trinajstić information content (AvgIpc) is 1.84. The second kappa shape index (κ2) is 4.91. The smallest absolute Gasteiger partial charge is 0.187 e. The largest absolute Gasteiger partial charge is 0.412 e. The van der Waals surface area contributed by atoms with Crippen LogP contribution in [0.2, 0.25) is 19.1 Å². The van der Waals surface area contributed by atoms with Crippen LogP contribution in [0.15, 0.2) is 0 Å². The van der Waals surface area contributed by atoms with Gasteiger partial charge in [-0.3, -0.25) is 0 Å². The lowest BCUT2D eigenvalue weighted by Gasteiger charge is -2.20. The Morgan fingerprint density at radius 1 is 1.40 bits per heavy atom. The van der Waals surface area contributed by atoms with E-state index in [2.05, 4.69) is 20.0 Å². The third kappa shape index (κ3) is 5.00. The zero-order chi connectivity index (χ0) is 8.04. The maximum absolute atomic E-state index is 5.55. The number of hydrogen-bond acceptors (Lipinski definition) is 1. The van der Waals surface area contributed by atoms with Crippen LogP contribution in [-0.2, 0) is 4.43 Å². The van der Waals surface area contributed by atoms with Gasteiger partial charge in [-0.25, -0.2) is 0 Å². The molecular weight excluding hydrogens is 140 g/mol. The molecule has 0 rings (SSSR count). The Morgan fingerprint density at radius 2 is 2.00 bits per heavy atom. The summed E-state index contributed by atoms with van der Waals surface area (Å²) in [6.45, 7) is 10.5. The number of unbranched alkanes of at least 4 members (excludes halogenated alkanes) is 1. The van der Waals surface area contributed by atoms with Gasteiger partial charge in [0, 0.05) is 0 Å². The van der Waals surface area contributed by atoms with Crippen molar-refractivity contribution in [2.75, 3.05) is 0 Å². The molecule has 0 aliphatic rings. The average molecular weight is 159 g/mol. The summed E-state index contributed by atoms with van der Waals surface area (Å²) in [7, 11) is -1.28. The summed E-state index contributed by atoms with van der Waals surface area (Å²) in [4.78, 5) is 0. The molecule has 1 radical (unpaired) electrons. The van der Waals surface area contributed by atoms with E-state index in [1.807, 2.05) is 13.5 Å². The van der Waals surface area contributed by atoms with Gasteiger partial charge in [0.05, 0.1) is 6.61 Å². The van der Waals surface area contributed by atoms with E-state index in [1.165, 1.54) is 18.9 Å². The van der Waals surface area contributed by atoms with Gasteiger partial charge < -0.3 is 4.43 Å². The fourth-order valence-corrected chi connectivity index (χ4v) is 2.94. The Morgan fingerprint density at radius 3 is 2.40 bits per heavy atom. The topological polar surface area (TPSA) is 9.23 Å². The third-order valence-electron chi connectivity index (χ3n) is 1.57. The van der Waals surface area contributed by atoms with Gasteiger partial charge in [0.2, 0.25) is 0 Å². The fraction of sp³-hybridized carbons (Fsp3) is 0.875. The second-order valence-corrected chi connectivity index (χ2v) is 7.47. The SMILES string of the molecule is C[CH]O[Si](C)(C)CCCC. The lowest BCUT2D eigenvalue weighted by Crippen LogP contribution is -2.28. The summed E-state index contributed by atoms with van der Waals surface area (Å²) < 4.78 is 5.55.